The van der Waals surface area contributed by atoms with Crippen LogP contribution in [0.2, 0.25) is 0 Å². The molecule has 5 aliphatic rings. The second-order valence-electron chi connectivity index (χ2n) is 10.5. The Hall–Kier alpha value is -2.97. The summed E-state index contributed by atoms with van der Waals surface area (Å²) in [6.45, 7) is 3.82. The molecule has 2 saturated heterocycles. The number of thiazole rings is 1. The lowest BCUT2D eigenvalue weighted by atomic mass is 10.0. The first-order chi connectivity index (χ1) is 17.7. The van der Waals surface area contributed by atoms with Crippen molar-refractivity contribution in [2.75, 3.05) is 31.5 Å². The van der Waals surface area contributed by atoms with Gasteiger partial charge in [0.15, 0.2) is 6.29 Å². The van der Waals surface area contributed by atoms with Crippen LogP contribution in [0.4, 0.5) is 5.82 Å². The van der Waals surface area contributed by atoms with E-state index in [2.05, 4.69) is 26.6 Å². The number of carbonyl (C=O) groups excluding carboxylic acids is 1. The molecule has 186 valence electrons. The van der Waals surface area contributed by atoms with Crippen LogP contribution in [0.3, 0.4) is 0 Å². The van der Waals surface area contributed by atoms with Crippen molar-refractivity contribution in [1.82, 2.24) is 19.9 Å². The number of anilines is 1. The van der Waals surface area contributed by atoms with Crippen LogP contribution in [0, 0.1) is 11.8 Å². The van der Waals surface area contributed by atoms with Gasteiger partial charge in [0.1, 0.15) is 16.2 Å². The molecule has 0 bridgehead atoms. The lowest BCUT2D eigenvalue weighted by Gasteiger charge is -2.30. The highest BCUT2D eigenvalue weighted by Crippen LogP contribution is 2.40. The van der Waals surface area contributed by atoms with E-state index < -0.39 is 0 Å². The van der Waals surface area contributed by atoms with Gasteiger partial charge in [-0.3, -0.25) is 23.9 Å². The number of pyridine rings is 1. The third kappa shape index (κ3) is 3.61. The van der Waals surface area contributed by atoms with Gasteiger partial charge in [-0.2, -0.15) is 0 Å². The van der Waals surface area contributed by atoms with E-state index in [1.165, 1.54) is 30.6 Å². The Labute approximate surface area is 213 Å². The number of piperidine rings is 1. The van der Waals surface area contributed by atoms with Crippen molar-refractivity contribution in [1.29, 1.82) is 0 Å². The fraction of sp³-hybridized carbons (Fsp3) is 0.481. The van der Waals surface area contributed by atoms with Gasteiger partial charge in [0.05, 0.1) is 16.1 Å². The first-order valence-electron chi connectivity index (χ1n) is 13.1. The number of nitrogens with zero attached hydrogens (tertiary/aromatic N) is 3. The van der Waals surface area contributed by atoms with Gasteiger partial charge < -0.3 is 16.0 Å². The smallest absolute Gasteiger partial charge is 0.258 e. The summed E-state index contributed by atoms with van der Waals surface area (Å²) in [5, 5.41) is 10.0. The number of likely N-dealkylation sites (tertiary alicyclic amines) is 1. The Kier molecular flexibility index (Phi) is 5.47. The summed E-state index contributed by atoms with van der Waals surface area (Å²) in [6, 6.07) is 0.0699. The normalized spacial score (nSPS) is 27.1. The van der Waals surface area contributed by atoms with Crippen molar-refractivity contribution < 1.29 is 4.79 Å². The Balaban J connectivity index is 1.33. The molecule has 9 heteroatoms. The zero-order valence-electron chi connectivity index (χ0n) is 20.1. The molecule has 3 aliphatic heterocycles. The number of amides is 1. The van der Waals surface area contributed by atoms with Crippen molar-refractivity contribution in [3.8, 4) is 0 Å². The van der Waals surface area contributed by atoms with Crippen LogP contribution >= 0.6 is 11.3 Å². The van der Waals surface area contributed by atoms with E-state index in [0.717, 1.165) is 67.2 Å². The molecular weight excluding hydrogens is 472 g/mol. The zero-order valence-corrected chi connectivity index (χ0v) is 20.9. The maximum atomic E-state index is 13.8. The first-order valence-corrected chi connectivity index (χ1v) is 13.9. The van der Waals surface area contributed by atoms with Crippen molar-refractivity contribution in [2.24, 2.45) is 16.8 Å². The Morgan fingerprint density at radius 3 is 2.78 bits per heavy atom. The molecule has 0 spiro atoms. The summed E-state index contributed by atoms with van der Waals surface area (Å²) in [5.41, 5.74) is 4.52. The van der Waals surface area contributed by atoms with Gasteiger partial charge in [0.2, 0.25) is 5.43 Å². The van der Waals surface area contributed by atoms with Gasteiger partial charge in [-0.15, -0.1) is 17.1 Å². The number of allylic oxidation sites excluding steroid dienone is 2. The third-order valence-electron chi connectivity index (χ3n) is 8.34. The second-order valence-corrected chi connectivity index (χ2v) is 11.5. The van der Waals surface area contributed by atoms with E-state index >= 15 is 0 Å². The third-order valence-corrected chi connectivity index (χ3v) is 9.49. The number of hydrogen-bond donors (Lipinski definition) is 3. The number of aromatic nitrogens is 1. The average Bonchev–Trinajstić information content (AvgIpc) is 3.54. The van der Waals surface area contributed by atoms with Gasteiger partial charge in [0.25, 0.3) is 5.91 Å². The highest BCUT2D eigenvalue weighted by atomic mass is 32.1. The number of hydrogen-bond acceptors (Lipinski definition) is 7. The molecule has 2 aliphatic carbocycles. The van der Waals surface area contributed by atoms with E-state index in [0.29, 0.717) is 10.4 Å². The molecule has 3 atom stereocenters. The molecule has 2 aromatic rings. The number of rotatable bonds is 3. The topological polar surface area (TPSA) is 90.2 Å². The van der Waals surface area contributed by atoms with Crippen LogP contribution in [0.1, 0.15) is 58.6 Å². The van der Waals surface area contributed by atoms with Crippen molar-refractivity contribution in [3.05, 3.63) is 49.8 Å². The fourth-order valence-electron chi connectivity index (χ4n) is 6.49. The number of fused-ring (bicyclic) bond motifs is 6. The predicted octanol–water partition coefficient (Wildman–Crippen LogP) is 2.90. The summed E-state index contributed by atoms with van der Waals surface area (Å²) in [5.74, 6) is 1.93. The standard InChI is InChI=1S/C27H30N6O2S/c34-23-19-13-29-27(32-14-16-5-4-6-17(16)15-32)31-24(19)33-20-7-2-1-3-8-21(20)36-26(33)22(23)25(35)30-18-9-11-28-12-10-18/h1,3,7-8,13,16-18,27-28,31H,4-6,9-12,14-15H2,(H,30,35). The summed E-state index contributed by atoms with van der Waals surface area (Å²) in [7, 11) is 0. The first kappa shape index (κ1) is 22.2. The van der Waals surface area contributed by atoms with Crippen LogP contribution in [0.25, 0.3) is 17.0 Å². The summed E-state index contributed by atoms with van der Waals surface area (Å²) >= 11 is 1.48. The van der Waals surface area contributed by atoms with Crippen molar-refractivity contribution in [3.63, 3.8) is 0 Å². The lowest BCUT2D eigenvalue weighted by molar-refractivity contribution is 0.0930. The minimum absolute atomic E-state index is 0.0699. The Morgan fingerprint density at radius 1 is 1.17 bits per heavy atom. The summed E-state index contributed by atoms with van der Waals surface area (Å²) in [6.07, 6.45) is 14.9. The largest absolute Gasteiger partial charge is 0.349 e. The molecular formula is C27H30N6O2S. The SMILES string of the molecule is O=C(NC1CCNCC1)c1c(=O)c2c(n3c4c(sc13)C=CC=C=C4)NC(N1CC3CCCC3C1)N=C2. The van der Waals surface area contributed by atoms with Gasteiger partial charge >= 0.3 is 0 Å². The van der Waals surface area contributed by atoms with Crippen molar-refractivity contribution in [2.45, 2.75) is 44.4 Å². The van der Waals surface area contributed by atoms with Gasteiger partial charge in [-0.05, 0) is 62.8 Å². The molecule has 2 aromatic heterocycles. The number of nitrogens with one attached hydrogen (secondary N) is 3. The quantitative estimate of drug-likeness (QED) is 0.562. The van der Waals surface area contributed by atoms with Crippen LogP contribution in [-0.2, 0) is 0 Å². The van der Waals surface area contributed by atoms with Gasteiger partial charge in [-0.25, -0.2) is 0 Å². The molecule has 0 radical (unpaired) electrons. The van der Waals surface area contributed by atoms with Crippen LogP contribution in [0.5, 0.6) is 0 Å². The number of carbonyl (C=O) groups is 1. The average molecular weight is 503 g/mol. The van der Waals surface area contributed by atoms with Gasteiger partial charge in [-0.1, -0.05) is 12.5 Å². The van der Waals surface area contributed by atoms with E-state index in [-0.39, 0.29) is 29.2 Å². The maximum absolute atomic E-state index is 13.8. The van der Waals surface area contributed by atoms with Crippen molar-refractivity contribution >= 4 is 46.3 Å². The monoisotopic (exact) mass is 502 g/mol. The highest BCUT2D eigenvalue weighted by molar-refractivity contribution is 7.19. The minimum atomic E-state index is -0.296. The molecule has 8 nitrogen and oxygen atoms in total. The lowest BCUT2D eigenvalue weighted by Crippen LogP contribution is -2.45. The number of aliphatic imine (C=N–C) groups is 1. The predicted molar refractivity (Wildman–Crippen MR) is 144 cm³/mol. The van der Waals surface area contributed by atoms with Crippen LogP contribution < -0.4 is 21.4 Å². The molecule has 36 heavy (non-hydrogen) atoms. The van der Waals surface area contributed by atoms with E-state index in [1.807, 2.05) is 28.7 Å². The summed E-state index contributed by atoms with van der Waals surface area (Å²) < 4.78 is 2.04. The Bertz CT molecular complexity index is 1410. The highest BCUT2D eigenvalue weighted by Gasteiger charge is 2.40. The molecule has 3 unspecified atom stereocenters. The molecule has 1 amide bonds. The van der Waals surface area contributed by atoms with Gasteiger partial charge in [0, 0.05) is 31.4 Å². The van der Waals surface area contributed by atoms with E-state index in [4.69, 9.17) is 4.99 Å². The molecule has 0 aromatic carbocycles. The zero-order chi connectivity index (χ0) is 24.2. The molecule has 1 saturated carbocycles. The second kappa shape index (κ2) is 8.85. The minimum Gasteiger partial charge on any atom is -0.349 e. The summed E-state index contributed by atoms with van der Waals surface area (Å²) in [4.78, 5) is 36.2. The van der Waals surface area contributed by atoms with E-state index in [9.17, 15) is 9.59 Å². The van der Waals surface area contributed by atoms with E-state index in [1.54, 1.807) is 6.21 Å². The fourth-order valence-corrected chi connectivity index (χ4v) is 7.66. The van der Waals surface area contributed by atoms with Crippen LogP contribution in [-0.4, -0.2) is 59.9 Å². The molecule has 3 fully saturated rings. The van der Waals surface area contributed by atoms with Crippen LogP contribution in [0.15, 0.2) is 27.7 Å². The molecule has 3 N–H and O–H groups in total. The molecule has 7 rings (SSSR count). The molecule has 5 heterocycles. The maximum Gasteiger partial charge on any atom is 0.258 e. The Morgan fingerprint density at radius 2 is 1.97 bits per heavy atom.